The highest BCUT2D eigenvalue weighted by atomic mass is 16.3. The van der Waals surface area contributed by atoms with Gasteiger partial charge in [0.2, 0.25) is 0 Å². The Balaban J connectivity index is 1.11. The van der Waals surface area contributed by atoms with Crippen LogP contribution in [0.25, 0.3) is 87.9 Å². The van der Waals surface area contributed by atoms with Crippen molar-refractivity contribution >= 4 is 54.5 Å². The van der Waals surface area contributed by atoms with Gasteiger partial charge >= 0.3 is 0 Å². The molecule has 10 rings (SSSR count). The Hall–Kier alpha value is -5.80. The molecular weight excluding hydrogens is 560 g/mol. The topological polar surface area (TPSA) is 38.9 Å². The second-order valence-electron chi connectivity index (χ2n) is 13.0. The number of rotatable bonds is 2. The lowest BCUT2D eigenvalue weighted by molar-refractivity contribution is 0.660. The first-order valence-corrected chi connectivity index (χ1v) is 15.8. The molecule has 0 fully saturated rings. The van der Waals surface area contributed by atoms with Crippen LogP contribution in [-0.2, 0) is 5.41 Å². The molecule has 9 aromatic rings. The molecule has 2 heterocycles. The van der Waals surface area contributed by atoms with E-state index in [1.54, 1.807) is 12.4 Å². The molecule has 0 radical (unpaired) electrons. The molecular formula is C43H28N2O. The third-order valence-electron chi connectivity index (χ3n) is 10.2. The normalized spacial score (nSPS) is 13.6. The Morgan fingerprint density at radius 1 is 0.457 bits per heavy atom. The zero-order valence-corrected chi connectivity index (χ0v) is 25.5. The number of hydrogen-bond acceptors (Lipinski definition) is 3. The van der Waals surface area contributed by atoms with Crippen LogP contribution in [0.2, 0.25) is 0 Å². The van der Waals surface area contributed by atoms with Crippen molar-refractivity contribution < 1.29 is 4.42 Å². The van der Waals surface area contributed by atoms with E-state index in [0.717, 1.165) is 49.3 Å². The molecule has 3 heteroatoms. The third kappa shape index (κ3) is 3.43. The SMILES string of the molecule is CC1(C)c2cc(-c3ccc4c(c3)c3ccccc3c3nccnc43)ccc2-c2ccc(-c3cccc4c3oc3ccccc34)cc21. The van der Waals surface area contributed by atoms with Gasteiger partial charge in [-0.15, -0.1) is 0 Å². The molecule has 0 spiro atoms. The molecule has 3 nitrogen and oxygen atoms in total. The standard InChI is InChI=1S/C43H28N2O/c1-43(2)37-23-26(25-15-19-34-36(22-25)29-8-3-4-10-33(29)40-41(34)45-21-20-44-40)14-17-30(37)31-18-16-27(24-38(31)43)28-11-7-12-35-32-9-5-6-13-39(32)46-42(28)35/h3-24H,1-2H3. The minimum atomic E-state index is -0.159. The van der Waals surface area contributed by atoms with Gasteiger partial charge in [-0.1, -0.05) is 111 Å². The van der Waals surface area contributed by atoms with E-state index in [1.807, 2.05) is 12.1 Å². The fourth-order valence-corrected chi connectivity index (χ4v) is 7.87. The number of fused-ring (bicyclic) bond motifs is 12. The van der Waals surface area contributed by atoms with Gasteiger partial charge in [0.15, 0.2) is 0 Å². The van der Waals surface area contributed by atoms with E-state index in [4.69, 9.17) is 14.4 Å². The summed E-state index contributed by atoms with van der Waals surface area (Å²) in [5, 5.41) is 6.98. The summed E-state index contributed by atoms with van der Waals surface area (Å²) in [5.74, 6) is 0. The number of benzene rings is 7. The van der Waals surface area contributed by atoms with Crippen LogP contribution in [0, 0.1) is 0 Å². The van der Waals surface area contributed by atoms with Crippen LogP contribution in [0.5, 0.6) is 0 Å². The Kier molecular flexibility index (Phi) is 5.06. The average molecular weight is 589 g/mol. The van der Waals surface area contributed by atoms with E-state index in [2.05, 4.69) is 123 Å². The smallest absolute Gasteiger partial charge is 0.143 e. The van der Waals surface area contributed by atoms with Gasteiger partial charge in [-0.2, -0.15) is 0 Å². The second-order valence-corrected chi connectivity index (χ2v) is 13.0. The molecule has 1 aliphatic rings. The van der Waals surface area contributed by atoms with Gasteiger partial charge < -0.3 is 4.42 Å². The first kappa shape index (κ1) is 25.5. The third-order valence-corrected chi connectivity index (χ3v) is 10.2. The summed E-state index contributed by atoms with van der Waals surface area (Å²) in [6, 6.07) is 44.0. The lowest BCUT2D eigenvalue weighted by atomic mass is 9.80. The van der Waals surface area contributed by atoms with E-state index >= 15 is 0 Å². The van der Waals surface area contributed by atoms with Gasteiger partial charge in [-0.25, -0.2) is 0 Å². The minimum absolute atomic E-state index is 0.159. The summed E-state index contributed by atoms with van der Waals surface area (Å²) >= 11 is 0. The van der Waals surface area contributed by atoms with Crippen molar-refractivity contribution in [3.63, 3.8) is 0 Å². The maximum absolute atomic E-state index is 6.41. The minimum Gasteiger partial charge on any atom is -0.455 e. The summed E-state index contributed by atoms with van der Waals surface area (Å²) in [6.07, 6.45) is 3.56. The van der Waals surface area contributed by atoms with Gasteiger partial charge in [-0.3, -0.25) is 9.97 Å². The van der Waals surface area contributed by atoms with E-state index in [0.29, 0.717) is 0 Å². The van der Waals surface area contributed by atoms with Gasteiger partial charge in [0.25, 0.3) is 0 Å². The van der Waals surface area contributed by atoms with Crippen LogP contribution in [0.4, 0.5) is 0 Å². The van der Waals surface area contributed by atoms with E-state index in [9.17, 15) is 0 Å². The molecule has 0 unspecified atom stereocenters. The molecule has 0 atom stereocenters. The molecule has 46 heavy (non-hydrogen) atoms. The summed E-state index contributed by atoms with van der Waals surface area (Å²) in [4.78, 5) is 9.44. The van der Waals surface area contributed by atoms with Crippen LogP contribution >= 0.6 is 0 Å². The van der Waals surface area contributed by atoms with Crippen LogP contribution < -0.4 is 0 Å². The first-order chi connectivity index (χ1) is 22.6. The molecule has 216 valence electrons. The number of aromatic nitrogens is 2. The van der Waals surface area contributed by atoms with Gasteiger partial charge in [0.1, 0.15) is 11.2 Å². The number of furan rings is 1. The zero-order valence-electron chi connectivity index (χ0n) is 25.5. The molecule has 1 aliphatic carbocycles. The lowest BCUT2D eigenvalue weighted by Crippen LogP contribution is -2.15. The van der Waals surface area contributed by atoms with E-state index < -0.39 is 0 Å². The Labute approximate surface area is 265 Å². The highest BCUT2D eigenvalue weighted by Crippen LogP contribution is 2.51. The first-order valence-electron chi connectivity index (χ1n) is 15.8. The van der Waals surface area contributed by atoms with Crippen LogP contribution in [0.15, 0.2) is 138 Å². The van der Waals surface area contributed by atoms with Crippen LogP contribution in [-0.4, -0.2) is 9.97 Å². The maximum atomic E-state index is 6.41. The molecule has 7 aromatic carbocycles. The summed E-state index contributed by atoms with van der Waals surface area (Å²) in [6.45, 7) is 4.71. The monoisotopic (exact) mass is 588 g/mol. The molecule has 0 saturated heterocycles. The predicted octanol–water partition coefficient (Wildman–Crippen LogP) is 11.5. The van der Waals surface area contributed by atoms with Crippen LogP contribution in [0.1, 0.15) is 25.0 Å². The maximum Gasteiger partial charge on any atom is 0.143 e. The number of nitrogens with zero attached hydrogens (tertiary/aromatic N) is 2. The molecule has 2 aromatic heterocycles. The molecule has 0 amide bonds. The fraction of sp³-hybridized carbons (Fsp3) is 0.0698. The highest BCUT2D eigenvalue weighted by molar-refractivity contribution is 6.23. The van der Waals surface area contributed by atoms with Crippen molar-refractivity contribution in [2.45, 2.75) is 19.3 Å². The summed E-state index contributed by atoms with van der Waals surface area (Å²) in [5.41, 5.74) is 13.7. The van der Waals surface area contributed by atoms with Crippen molar-refractivity contribution in [3.05, 3.63) is 145 Å². The zero-order chi connectivity index (χ0) is 30.6. The molecule has 0 bridgehead atoms. The Bertz CT molecular complexity index is 2700. The van der Waals surface area contributed by atoms with Gasteiger partial charge in [0, 0.05) is 44.9 Å². The largest absolute Gasteiger partial charge is 0.455 e. The van der Waals surface area contributed by atoms with Crippen molar-refractivity contribution in [1.29, 1.82) is 0 Å². The van der Waals surface area contributed by atoms with E-state index in [-0.39, 0.29) is 5.41 Å². The Morgan fingerprint density at radius 2 is 1.04 bits per heavy atom. The van der Waals surface area contributed by atoms with Crippen LogP contribution in [0.3, 0.4) is 0 Å². The molecule has 0 aliphatic heterocycles. The summed E-state index contributed by atoms with van der Waals surface area (Å²) in [7, 11) is 0. The van der Waals surface area contributed by atoms with Crippen molar-refractivity contribution in [3.8, 4) is 33.4 Å². The average Bonchev–Trinajstić information content (AvgIpc) is 3.60. The molecule has 0 saturated carbocycles. The van der Waals surface area contributed by atoms with Crippen molar-refractivity contribution in [1.82, 2.24) is 9.97 Å². The van der Waals surface area contributed by atoms with E-state index in [1.165, 1.54) is 49.7 Å². The quantitative estimate of drug-likeness (QED) is 0.189. The van der Waals surface area contributed by atoms with Gasteiger partial charge in [-0.05, 0) is 74.0 Å². The van der Waals surface area contributed by atoms with Gasteiger partial charge in [0.05, 0.1) is 11.0 Å². The number of hydrogen-bond donors (Lipinski definition) is 0. The molecule has 0 N–H and O–H groups in total. The fourth-order valence-electron chi connectivity index (χ4n) is 7.87. The van der Waals surface area contributed by atoms with Crippen molar-refractivity contribution in [2.75, 3.05) is 0 Å². The van der Waals surface area contributed by atoms with Crippen molar-refractivity contribution in [2.24, 2.45) is 0 Å². The predicted molar refractivity (Wildman–Crippen MR) is 190 cm³/mol. The number of para-hydroxylation sites is 2. The highest BCUT2D eigenvalue weighted by Gasteiger charge is 2.36. The summed E-state index contributed by atoms with van der Waals surface area (Å²) < 4.78 is 6.41. The second kappa shape index (κ2) is 9.12. The Morgan fingerprint density at radius 3 is 1.83 bits per heavy atom. The lowest BCUT2D eigenvalue weighted by Gasteiger charge is -2.23.